The first-order valence-corrected chi connectivity index (χ1v) is 6.95. The molecule has 4 nitrogen and oxygen atoms in total. The van der Waals surface area contributed by atoms with Crippen molar-refractivity contribution in [3.05, 3.63) is 40.9 Å². The van der Waals surface area contributed by atoms with E-state index in [-0.39, 0.29) is 24.7 Å². The van der Waals surface area contributed by atoms with E-state index in [1.165, 1.54) is 6.08 Å². The lowest BCUT2D eigenvalue weighted by atomic mass is 10.2. The highest BCUT2D eigenvalue weighted by atomic mass is 35.5. The molecule has 1 saturated heterocycles. The lowest BCUT2D eigenvalue weighted by Crippen LogP contribution is -2.49. The summed E-state index contributed by atoms with van der Waals surface area (Å²) in [7, 11) is 0. The van der Waals surface area contributed by atoms with E-state index in [1.807, 2.05) is 19.1 Å². The van der Waals surface area contributed by atoms with E-state index in [2.05, 4.69) is 0 Å². The van der Waals surface area contributed by atoms with Gasteiger partial charge in [-0.15, -0.1) is 0 Å². The van der Waals surface area contributed by atoms with Crippen LogP contribution >= 0.6 is 11.6 Å². The second-order valence-corrected chi connectivity index (χ2v) is 5.32. The molecule has 1 aliphatic heterocycles. The van der Waals surface area contributed by atoms with Gasteiger partial charge in [0.05, 0.1) is 18.8 Å². The number of morpholine rings is 1. The number of aliphatic hydroxyl groups is 1. The van der Waals surface area contributed by atoms with Crippen molar-refractivity contribution in [3.8, 4) is 0 Å². The van der Waals surface area contributed by atoms with Crippen LogP contribution in [-0.4, -0.2) is 47.8 Å². The minimum Gasteiger partial charge on any atom is -0.394 e. The van der Waals surface area contributed by atoms with Crippen LogP contribution in [0.25, 0.3) is 6.08 Å². The van der Waals surface area contributed by atoms with E-state index >= 15 is 0 Å². The molecule has 1 N–H and O–H groups in total. The highest BCUT2D eigenvalue weighted by Crippen LogP contribution is 2.13. The molecule has 0 radical (unpaired) electrons. The monoisotopic (exact) mass is 295 g/mol. The maximum Gasteiger partial charge on any atom is 0.246 e. The van der Waals surface area contributed by atoms with Crippen molar-refractivity contribution in [2.24, 2.45) is 0 Å². The standard InChI is InChI=1S/C15H18ClNO3/c1-11-8-17(9-14(10-18)20-11)15(19)7-4-12-2-5-13(16)6-3-12/h2-7,11,14,18H,8-10H2,1H3/b7-4+. The predicted molar refractivity (Wildman–Crippen MR) is 78.5 cm³/mol. The van der Waals surface area contributed by atoms with Crippen molar-refractivity contribution < 1.29 is 14.6 Å². The maximum atomic E-state index is 12.1. The van der Waals surface area contributed by atoms with Crippen LogP contribution in [0.2, 0.25) is 5.02 Å². The van der Waals surface area contributed by atoms with E-state index < -0.39 is 0 Å². The lowest BCUT2D eigenvalue weighted by Gasteiger charge is -2.35. The summed E-state index contributed by atoms with van der Waals surface area (Å²) in [6, 6.07) is 7.27. The Bertz CT molecular complexity index is 486. The number of nitrogens with zero attached hydrogens (tertiary/aromatic N) is 1. The third-order valence-electron chi connectivity index (χ3n) is 3.13. The fourth-order valence-electron chi connectivity index (χ4n) is 2.17. The summed E-state index contributed by atoms with van der Waals surface area (Å²) in [5.41, 5.74) is 0.919. The number of halogens is 1. The molecule has 1 heterocycles. The quantitative estimate of drug-likeness (QED) is 0.867. The third-order valence-corrected chi connectivity index (χ3v) is 3.38. The molecule has 1 aromatic rings. The van der Waals surface area contributed by atoms with E-state index in [1.54, 1.807) is 23.1 Å². The van der Waals surface area contributed by atoms with Gasteiger partial charge in [0.2, 0.25) is 5.91 Å². The second kappa shape index (κ2) is 6.88. The van der Waals surface area contributed by atoms with Crippen LogP contribution in [0, 0.1) is 0 Å². The Balaban J connectivity index is 1.98. The van der Waals surface area contributed by atoms with Crippen LogP contribution in [0.1, 0.15) is 12.5 Å². The highest BCUT2D eigenvalue weighted by Gasteiger charge is 2.26. The molecule has 2 rings (SSSR count). The van der Waals surface area contributed by atoms with Gasteiger partial charge in [-0.3, -0.25) is 4.79 Å². The molecule has 1 aromatic carbocycles. The first kappa shape index (κ1) is 15.0. The van der Waals surface area contributed by atoms with Crippen LogP contribution < -0.4 is 0 Å². The molecule has 2 atom stereocenters. The second-order valence-electron chi connectivity index (χ2n) is 4.88. The molecule has 1 amide bonds. The number of carbonyl (C=O) groups is 1. The topological polar surface area (TPSA) is 49.8 Å². The van der Waals surface area contributed by atoms with Gasteiger partial charge in [-0.1, -0.05) is 23.7 Å². The first-order valence-electron chi connectivity index (χ1n) is 6.57. The van der Waals surface area contributed by atoms with Crippen LogP contribution in [0.15, 0.2) is 30.3 Å². The molecule has 108 valence electrons. The number of amides is 1. The summed E-state index contributed by atoms with van der Waals surface area (Å²) < 4.78 is 5.51. The molecule has 5 heteroatoms. The number of ether oxygens (including phenoxy) is 1. The maximum absolute atomic E-state index is 12.1. The summed E-state index contributed by atoms with van der Waals surface area (Å²) in [5.74, 6) is -0.0754. The summed E-state index contributed by atoms with van der Waals surface area (Å²) in [6.45, 7) is 2.78. The number of carbonyl (C=O) groups excluding carboxylic acids is 1. The Kier molecular flexibility index (Phi) is 5.17. The molecule has 2 unspecified atom stereocenters. The number of benzene rings is 1. The van der Waals surface area contributed by atoms with E-state index in [9.17, 15) is 4.79 Å². The van der Waals surface area contributed by atoms with Gasteiger partial charge in [0.15, 0.2) is 0 Å². The molecule has 20 heavy (non-hydrogen) atoms. The normalized spacial score (nSPS) is 23.2. The number of hydrogen-bond acceptors (Lipinski definition) is 3. The summed E-state index contributed by atoms with van der Waals surface area (Å²) in [4.78, 5) is 13.8. The Hall–Kier alpha value is -1.36. The lowest BCUT2D eigenvalue weighted by molar-refractivity contribution is -0.142. The van der Waals surface area contributed by atoms with Crippen LogP contribution in [0.5, 0.6) is 0 Å². The molecule has 0 spiro atoms. The third kappa shape index (κ3) is 4.07. The van der Waals surface area contributed by atoms with Crippen molar-refractivity contribution >= 4 is 23.6 Å². The summed E-state index contributed by atoms with van der Waals surface area (Å²) >= 11 is 5.81. The fraction of sp³-hybridized carbons (Fsp3) is 0.400. The zero-order valence-corrected chi connectivity index (χ0v) is 12.1. The fourth-order valence-corrected chi connectivity index (χ4v) is 2.30. The number of rotatable bonds is 3. The van der Waals surface area contributed by atoms with Gasteiger partial charge >= 0.3 is 0 Å². The van der Waals surface area contributed by atoms with Gasteiger partial charge in [-0.25, -0.2) is 0 Å². The van der Waals surface area contributed by atoms with Gasteiger partial charge < -0.3 is 14.7 Å². The van der Waals surface area contributed by atoms with Crippen molar-refractivity contribution in [2.75, 3.05) is 19.7 Å². The highest BCUT2D eigenvalue weighted by molar-refractivity contribution is 6.30. The van der Waals surface area contributed by atoms with Crippen molar-refractivity contribution in [3.63, 3.8) is 0 Å². The van der Waals surface area contributed by atoms with Gasteiger partial charge in [0.25, 0.3) is 0 Å². The average Bonchev–Trinajstić information content (AvgIpc) is 2.45. The minimum absolute atomic E-state index is 0.0613. The Labute approximate surface area is 123 Å². The van der Waals surface area contributed by atoms with Gasteiger partial charge in [0, 0.05) is 24.2 Å². The SMILES string of the molecule is CC1CN(C(=O)/C=C/c2ccc(Cl)cc2)CC(CO)O1. The van der Waals surface area contributed by atoms with Crippen LogP contribution in [0.4, 0.5) is 0 Å². The van der Waals surface area contributed by atoms with E-state index in [0.717, 1.165) is 5.56 Å². The molecule has 0 aromatic heterocycles. The smallest absolute Gasteiger partial charge is 0.246 e. The van der Waals surface area contributed by atoms with E-state index in [0.29, 0.717) is 18.1 Å². The Morgan fingerprint density at radius 2 is 2.15 bits per heavy atom. The average molecular weight is 296 g/mol. The summed E-state index contributed by atoms with van der Waals surface area (Å²) in [6.07, 6.45) is 2.93. The number of hydrogen-bond donors (Lipinski definition) is 1. The number of aliphatic hydroxyl groups excluding tert-OH is 1. The van der Waals surface area contributed by atoms with Gasteiger partial charge in [-0.05, 0) is 30.7 Å². The zero-order valence-electron chi connectivity index (χ0n) is 11.3. The van der Waals surface area contributed by atoms with Crippen molar-refractivity contribution in [1.82, 2.24) is 4.90 Å². The Morgan fingerprint density at radius 3 is 2.80 bits per heavy atom. The van der Waals surface area contributed by atoms with Crippen molar-refractivity contribution in [2.45, 2.75) is 19.1 Å². The first-order chi connectivity index (χ1) is 9.58. The van der Waals surface area contributed by atoms with Gasteiger partial charge in [-0.2, -0.15) is 0 Å². The van der Waals surface area contributed by atoms with Crippen LogP contribution in [-0.2, 0) is 9.53 Å². The van der Waals surface area contributed by atoms with Crippen LogP contribution in [0.3, 0.4) is 0 Å². The largest absolute Gasteiger partial charge is 0.394 e. The molecule has 0 bridgehead atoms. The molecular formula is C15H18ClNO3. The zero-order chi connectivity index (χ0) is 14.5. The molecule has 1 fully saturated rings. The summed E-state index contributed by atoms with van der Waals surface area (Å²) in [5, 5.41) is 9.82. The molecule has 0 aliphatic carbocycles. The van der Waals surface area contributed by atoms with Gasteiger partial charge in [0.1, 0.15) is 0 Å². The molecular weight excluding hydrogens is 278 g/mol. The Morgan fingerprint density at radius 1 is 1.45 bits per heavy atom. The van der Waals surface area contributed by atoms with Crippen molar-refractivity contribution in [1.29, 1.82) is 0 Å². The molecule has 0 saturated carbocycles. The van der Waals surface area contributed by atoms with E-state index in [4.69, 9.17) is 21.4 Å². The minimum atomic E-state index is -0.299. The molecule has 1 aliphatic rings. The predicted octanol–water partition coefficient (Wildman–Crippen LogP) is 1.96.